The number of fused-ring (bicyclic) bond motifs is 1. The van der Waals surface area contributed by atoms with E-state index in [0.29, 0.717) is 17.8 Å². The highest BCUT2D eigenvalue weighted by Crippen LogP contribution is 2.33. The minimum Gasteiger partial charge on any atom is -0.353 e. The van der Waals surface area contributed by atoms with E-state index in [9.17, 15) is 14.9 Å². The molecule has 2 atom stereocenters. The van der Waals surface area contributed by atoms with Crippen molar-refractivity contribution in [3.63, 3.8) is 0 Å². The van der Waals surface area contributed by atoms with Gasteiger partial charge in [0.05, 0.1) is 0 Å². The van der Waals surface area contributed by atoms with Gasteiger partial charge in [-0.25, -0.2) is 4.79 Å². The van der Waals surface area contributed by atoms with E-state index in [0.717, 1.165) is 43.5 Å². The molecule has 0 spiro atoms. The molecule has 7 heteroatoms. The summed E-state index contributed by atoms with van der Waals surface area (Å²) in [6, 6.07) is 2.33. The van der Waals surface area contributed by atoms with Gasteiger partial charge in [0.15, 0.2) is 5.56 Å². The topological polar surface area (TPSA) is 74.3 Å². The first-order chi connectivity index (χ1) is 11.0. The molecule has 2 saturated heterocycles. The predicted octanol–water partition coefficient (Wildman–Crippen LogP) is -0.124. The fourth-order valence-electron chi connectivity index (χ4n) is 4.12. The second-order valence-corrected chi connectivity index (χ2v) is 6.73. The molecule has 0 aromatic carbocycles. The Morgan fingerprint density at radius 2 is 1.83 bits per heavy atom. The molecule has 3 rings (SSSR count). The number of hydrogen-bond acceptors (Lipinski definition) is 5. The smallest absolute Gasteiger partial charge is 0.332 e. The third kappa shape index (κ3) is 2.47. The summed E-state index contributed by atoms with van der Waals surface area (Å²) < 4.78 is 2.47. The van der Waals surface area contributed by atoms with Crippen molar-refractivity contribution in [3.8, 4) is 6.07 Å². The number of nitriles is 1. The lowest BCUT2D eigenvalue weighted by molar-refractivity contribution is 0.153. The van der Waals surface area contributed by atoms with Crippen molar-refractivity contribution in [1.29, 1.82) is 5.26 Å². The maximum Gasteiger partial charge on any atom is 0.332 e. The lowest BCUT2D eigenvalue weighted by atomic mass is 9.84. The van der Waals surface area contributed by atoms with Crippen LogP contribution in [0.1, 0.15) is 24.8 Å². The van der Waals surface area contributed by atoms with Crippen molar-refractivity contribution >= 4 is 5.82 Å². The van der Waals surface area contributed by atoms with Crippen LogP contribution in [0.4, 0.5) is 5.82 Å². The summed E-state index contributed by atoms with van der Waals surface area (Å²) in [6.07, 6.45) is 3.17. The van der Waals surface area contributed by atoms with Crippen LogP contribution in [0.25, 0.3) is 0 Å². The van der Waals surface area contributed by atoms with E-state index in [2.05, 4.69) is 16.8 Å². The first-order valence-corrected chi connectivity index (χ1v) is 8.11. The molecule has 23 heavy (non-hydrogen) atoms. The normalized spacial score (nSPS) is 25.0. The van der Waals surface area contributed by atoms with Crippen molar-refractivity contribution < 1.29 is 0 Å². The van der Waals surface area contributed by atoms with Crippen LogP contribution in [0, 0.1) is 17.2 Å². The zero-order chi connectivity index (χ0) is 16.7. The number of rotatable bonds is 1. The second kappa shape index (κ2) is 5.85. The fourth-order valence-corrected chi connectivity index (χ4v) is 4.12. The highest BCUT2D eigenvalue weighted by atomic mass is 16.2. The molecule has 1 aromatic rings. The molecule has 2 aliphatic heterocycles. The van der Waals surface area contributed by atoms with Gasteiger partial charge in [-0.05, 0) is 38.8 Å². The summed E-state index contributed by atoms with van der Waals surface area (Å²) in [5.74, 6) is 1.02. The average Bonchev–Trinajstić information content (AvgIpc) is 2.55. The largest absolute Gasteiger partial charge is 0.353 e. The third-order valence-electron chi connectivity index (χ3n) is 5.29. The van der Waals surface area contributed by atoms with E-state index in [1.165, 1.54) is 11.6 Å². The molecule has 0 radical (unpaired) electrons. The molecule has 0 aliphatic carbocycles. The minimum atomic E-state index is -0.499. The maximum atomic E-state index is 12.3. The monoisotopic (exact) mass is 317 g/mol. The zero-order valence-corrected chi connectivity index (χ0v) is 13.9. The molecule has 7 nitrogen and oxygen atoms in total. The molecule has 3 heterocycles. The average molecular weight is 317 g/mol. The number of hydrogen-bond donors (Lipinski definition) is 0. The fraction of sp³-hybridized carbons (Fsp3) is 0.688. The van der Waals surface area contributed by atoms with Crippen LogP contribution in [-0.4, -0.2) is 46.8 Å². The van der Waals surface area contributed by atoms with E-state index < -0.39 is 5.56 Å². The Morgan fingerprint density at radius 1 is 1.09 bits per heavy atom. The van der Waals surface area contributed by atoms with Gasteiger partial charge < -0.3 is 9.80 Å². The van der Waals surface area contributed by atoms with Crippen molar-refractivity contribution in [2.75, 3.05) is 31.6 Å². The Hall–Kier alpha value is -2.07. The number of likely N-dealkylation sites (tertiary alicyclic amines) is 1. The van der Waals surface area contributed by atoms with E-state index in [-0.39, 0.29) is 11.3 Å². The lowest BCUT2D eigenvalue weighted by Crippen LogP contribution is -2.55. The van der Waals surface area contributed by atoms with E-state index >= 15 is 0 Å². The minimum absolute atomic E-state index is 0.0779. The van der Waals surface area contributed by atoms with Crippen molar-refractivity contribution in [1.82, 2.24) is 14.0 Å². The summed E-state index contributed by atoms with van der Waals surface area (Å²) in [4.78, 5) is 29.1. The highest BCUT2D eigenvalue weighted by Gasteiger charge is 2.37. The molecular formula is C16H23N5O2. The van der Waals surface area contributed by atoms with Gasteiger partial charge in [-0.3, -0.25) is 13.9 Å². The molecule has 1 aromatic heterocycles. The summed E-state index contributed by atoms with van der Waals surface area (Å²) in [6.45, 7) is 2.82. The predicted molar refractivity (Wildman–Crippen MR) is 87.6 cm³/mol. The first-order valence-electron chi connectivity index (χ1n) is 8.11. The molecule has 2 unspecified atom stereocenters. The van der Waals surface area contributed by atoms with Gasteiger partial charge in [-0.2, -0.15) is 5.26 Å². The molecular weight excluding hydrogens is 294 g/mol. The Morgan fingerprint density at radius 3 is 2.52 bits per heavy atom. The number of anilines is 1. The van der Waals surface area contributed by atoms with Gasteiger partial charge in [-0.1, -0.05) is 0 Å². The molecule has 124 valence electrons. The standard InChI is InChI=1S/C16H23N5O2/c1-18-8-6-13-11(10-18)5-4-7-21(13)14-12(9-17)15(22)20(3)16(23)19(14)2/h11,13H,4-8,10H2,1-3H3. The summed E-state index contributed by atoms with van der Waals surface area (Å²) in [7, 11) is 5.20. The van der Waals surface area contributed by atoms with Crippen LogP contribution in [0.2, 0.25) is 0 Å². The first kappa shape index (κ1) is 15.8. The molecule has 2 aliphatic rings. The van der Waals surface area contributed by atoms with Crippen molar-refractivity contribution in [2.24, 2.45) is 20.0 Å². The van der Waals surface area contributed by atoms with Crippen LogP contribution in [0.15, 0.2) is 9.59 Å². The van der Waals surface area contributed by atoms with Crippen molar-refractivity contribution in [3.05, 3.63) is 26.4 Å². The van der Waals surface area contributed by atoms with Gasteiger partial charge >= 0.3 is 5.69 Å². The number of nitrogens with zero attached hydrogens (tertiary/aromatic N) is 5. The summed E-state index contributed by atoms with van der Waals surface area (Å²) in [5.41, 5.74) is -0.797. The quantitative estimate of drug-likeness (QED) is 0.722. The second-order valence-electron chi connectivity index (χ2n) is 6.73. The van der Waals surface area contributed by atoms with Gasteiger partial charge in [0.1, 0.15) is 11.9 Å². The van der Waals surface area contributed by atoms with Crippen LogP contribution < -0.4 is 16.1 Å². The van der Waals surface area contributed by atoms with E-state index in [1.807, 2.05) is 6.07 Å². The molecule has 0 amide bonds. The SMILES string of the molecule is CN1CCC2C(CCCN2c2c(C#N)c(=O)n(C)c(=O)n2C)C1. The highest BCUT2D eigenvalue weighted by molar-refractivity contribution is 5.54. The number of piperidine rings is 2. The number of aromatic nitrogens is 2. The Balaban J connectivity index is 2.13. The third-order valence-corrected chi connectivity index (χ3v) is 5.29. The molecule has 0 bridgehead atoms. The summed E-state index contributed by atoms with van der Waals surface area (Å²) in [5, 5.41) is 9.49. The van der Waals surface area contributed by atoms with Gasteiger partial charge in [0, 0.05) is 33.2 Å². The van der Waals surface area contributed by atoms with Crippen LogP contribution in [-0.2, 0) is 14.1 Å². The lowest BCUT2D eigenvalue weighted by Gasteiger charge is -2.47. The van der Waals surface area contributed by atoms with Crippen LogP contribution >= 0.6 is 0 Å². The maximum absolute atomic E-state index is 12.3. The van der Waals surface area contributed by atoms with Gasteiger partial charge in [0.2, 0.25) is 0 Å². The Labute approximate surface area is 135 Å². The molecule has 0 saturated carbocycles. The molecule has 2 fully saturated rings. The van der Waals surface area contributed by atoms with E-state index in [1.54, 1.807) is 7.05 Å². The Bertz CT molecular complexity index is 772. The Kier molecular flexibility index (Phi) is 4.02. The van der Waals surface area contributed by atoms with Gasteiger partial charge in [0.25, 0.3) is 5.56 Å². The van der Waals surface area contributed by atoms with E-state index in [4.69, 9.17) is 0 Å². The van der Waals surface area contributed by atoms with Gasteiger partial charge in [-0.15, -0.1) is 0 Å². The van der Waals surface area contributed by atoms with Crippen LogP contribution in [0.5, 0.6) is 0 Å². The van der Waals surface area contributed by atoms with Crippen molar-refractivity contribution in [2.45, 2.75) is 25.3 Å². The zero-order valence-electron chi connectivity index (χ0n) is 13.9. The summed E-state index contributed by atoms with van der Waals surface area (Å²) >= 11 is 0. The van der Waals surface area contributed by atoms with Crippen LogP contribution in [0.3, 0.4) is 0 Å². The molecule has 0 N–H and O–H groups in total.